The standard InChI is InChI=1S/C7H16O7P2/c8-15(9,10)14-16(11,12)13-7-5-3-1-2-4-6-7/h7H,1-6H2,(H,11,12)(H2,8,9,10). The third kappa shape index (κ3) is 6.11. The first-order chi connectivity index (χ1) is 7.29. The Hall–Kier alpha value is 0.260. The van der Waals surface area contributed by atoms with Crippen molar-refractivity contribution in [3.8, 4) is 0 Å². The monoisotopic (exact) mass is 274 g/mol. The van der Waals surface area contributed by atoms with Crippen LogP contribution in [0.15, 0.2) is 0 Å². The second-order valence-electron chi connectivity index (χ2n) is 3.76. The van der Waals surface area contributed by atoms with E-state index in [-0.39, 0.29) is 0 Å². The van der Waals surface area contributed by atoms with E-state index in [1.165, 1.54) is 0 Å². The van der Waals surface area contributed by atoms with Crippen LogP contribution in [0.1, 0.15) is 38.5 Å². The van der Waals surface area contributed by atoms with E-state index in [9.17, 15) is 9.13 Å². The summed E-state index contributed by atoms with van der Waals surface area (Å²) in [6.45, 7) is 0. The van der Waals surface area contributed by atoms with Crippen LogP contribution in [0, 0.1) is 0 Å². The zero-order valence-corrected chi connectivity index (χ0v) is 10.5. The molecule has 0 amide bonds. The van der Waals surface area contributed by atoms with E-state index < -0.39 is 21.7 Å². The third-order valence-electron chi connectivity index (χ3n) is 2.29. The highest BCUT2D eigenvalue weighted by molar-refractivity contribution is 7.60. The van der Waals surface area contributed by atoms with E-state index in [0.717, 1.165) is 25.7 Å². The normalized spacial score (nSPS) is 23.7. The van der Waals surface area contributed by atoms with Gasteiger partial charge in [-0.2, -0.15) is 4.31 Å². The molecule has 1 atom stereocenters. The van der Waals surface area contributed by atoms with Crippen LogP contribution in [0.3, 0.4) is 0 Å². The van der Waals surface area contributed by atoms with E-state index in [4.69, 9.17) is 19.2 Å². The third-order valence-corrected chi connectivity index (χ3v) is 4.53. The molecule has 0 aromatic rings. The fourth-order valence-corrected chi connectivity index (χ4v) is 3.51. The Labute approximate surface area is 93.6 Å². The lowest BCUT2D eigenvalue weighted by molar-refractivity contribution is 0.117. The summed E-state index contributed by atoms with van der Waals surface area (Å²) in [7, 11) is -9.67. The Morgan fingerprint density at radius 2 is 1.44 bits per heavy atom. The molecule has 1 saturated carbocycles. The van der Waals surface area contributed by atoms with Crippen LogP contribution in [-0.4, -0.2) is 20.8 Å². The molecule has 96 valence electrons. The summed E-state index contributed by atoms with van der Waals surface area (Å²) in [6, 6.07) is 0. The summed E-state index contributed by atoms with van der Waals surface area (Å²) in [6.07, 6.45) is 4.57. The van der Waals surface area contributed by atoms with Crippen molar-refractivity contribution in [1.29, 1.82) is 0 Å². The molecule has 0 radical (unpaired) electrons. The topological polar surface area (TPSA) is 113 Å². The lowest BCUT2D eigenvalue weighted by Crippen LogP contribution is -2.10. The molecule has 1 aliphatic carbocycles. The van der Waals surface area contributed by atoms with E-state index in [0.29, 0.717) is 12.8 Å². The van der Waals surface area contributed by atoms with Crippen molar-refractivity contribution in [2.24, 2.45) is 0 Å². The van der Waals surface area contributed by atoms with Crippen molar-refractivity contribution < 1.29 is 32.6 Å². The van der Waals surface area contributed by atoms with Gasteiger partial charge >= 0.3 is 15.6 Å². The van der Waals surface area contributed by atoms with Gasteiger partial charge in [0.1, 0.15) is 0 Å². The molecule has 0 aliphatic heterocycles. The van der Waals surface area contributed by atoms with Crippen molar-refractivity contribution in [2.45, 2.75) is 44.6 Å². The van der Waals surface area contributed by atoms with Crippen LogP contribution in [0.2, 0.25) is 0 Å². The molecule has 1 fully saturated rings. The summed E-state index contributed by atoms with van der Waals surface area (Å²) >= 11 is 0. The van der Waals surface area contributed by atoms with E-state index in [1.807, 2.05) is 0 Å². The number of hydrogen-bond donors (Lipinski definition) is 3. The molecule has 0 heterocycles. The van der Waals surface area contributed by atoms with Crippen LogP contribution in [0.25, 0.3) is 0 Å². The Kier molecular flexibility index (Phi) is 5.13. The van der Waals surface area contributed by atoms with Gasteiger partial charge in [0.2, 0.25) is 0 Å². The highest BCUT2D eigenvalue weighted by Gasteiger charge is 2.34. The smallest absolute Gasteiger partial charge is 0.302 e. The van der Waals surface area contributed by atoms with E-state index in [1.54, 1.807) is 0 Å². The van der Waals surface area contributed by atoms with Crippen molar-refractivity contribution >= 4 is 15.6 Å². The molecule has 0 saturated heterocycles. The van der Waals surface area contributed by atoms with Crippen LogP contribution < -0.4 is 0 Å². The molecule has 0 spiro atoms. The summed E-state index contributed by atoms with van der Waals surface area (Å²) in [4.78, 5) is 25.9. The summed E-state index contributed by atoms with van der Waals surface area (Å²) in [5.41, 5.74) is 0. The largest absolute Gasteiger partial charge is 0.481 e. The second-order valence-corrected chi connectivity index (χ2v) is 6.54. The molecule has 9 heteroatoms. The highest BCUT2D eigenvalue weighted by Crippen LogP contribution is 2.58. The fourth-order valence-electron chi connectivity index (χ4n) is 1.69. The zero-order chi connectivity index (χ0) is 12.2. The minimum atomic E-state index is -5.00. The van der Waals surface area contributed by atoms with Crippen molar-refractivity contribution in [1.82, 2.24) is 0 Å². The summed E-state index contributed by atoms with van der Waals surface area (Å²) in [5, 5.41) is 0. The molecule has 1 rings (SSSR count). The maximum absolute atomic E-state index is 11.2. The summed E-state index contributed by atoms with van der Waals surface area (Å²) < 4.78 is 30.1. The Bertz CT molecular complexity index is 304. The molecule has 3 N–H and O–H groups in total. The Morgan fingerprint density at radius 3 is 1.88 bits per heavy atom. The molecular weight excluding hydrogens is 258 g/mol. The van der Waals surface area contributed by atoms with Crippen molar-refractivity contribution in [2.75, 3.05) is 0 Å². The van der Waals surface area contributed by atoms with Gasteiger partial charge in [0, 0.05) is 0 Å². The van der Waals surface area contributed by atoms with Crippen molar-refractivity contribution in [3.05, 3.63) is 0 Å². The number of phosphoric ester groups is 1. The molecule has 1 aliphatic rings. The molecule has 0 aromatic heterocycles. The molecule has 16 heavy (non-hydrogen) atoms. The van der Waals surface area contributed by atoms with Gasteiger partial charge in [0.25, 0.3) is 0 Å². The van der Waals surface area contributed by atoms with Crippen molar-refractivity contribution in [3.63, 3.8) is 0 Å². The molecular formula is C7H16O7P2. The van der Waals surface area contributed by atoms with Gasteiger partial charge in [-0.1, -0.05) is 25.7 Å². The fraction of sp³-hybridized carbons (Fsp3) is 1.00. The minimum absolute atomic E-state index is 0.468. The Morgan fingerprint density at radius 1 is 0.938 bits per heavy atom. The average molecular weight is 274 g/mol. The average Bonchev–Trinajstić information content (AvgIpc) is 2.26. The zero-order valence-electron chi connectivity index (χ0n) is 8.69. The van der Waals surface area contributed by atoms with Gasteiger partial charge in [-0.25, -0.2) is 9.13 Å². The quantitative estimate of drug-likeness (QED) is 0.530. The van der Waals surface area contributed by atoms with Gasteiger partial charge in [-0.15, -0.1) is 0 Å². The molecule has 1 unspecified atom stereocenters. The maximum Gasteiger partial charge on any atom is 0.481 e. The van der Waals surface area contributed by atoms with Gasteiger partial charge in [0.05, 0.1) is 6.10 Å². The number of phosphoric acid groups is 2. The predicted octanol–water partition coefficient (Wildman–Crippen LogP) is 1.94. The predicted molar refractivity (Wildman–Crippen MR) is 55.5 cm³/mol. The molecule has 7 nitrogen and oxygen atoms in total. The first-order valence-electron chi connectivity index (χ1n) is 5.07. The number of rotatable bonds is 4. The first kappa shape index (κ1) is 14.3. The van der Waals surface area contributed by atoms with Gasteiger partial charge in [-0.05, 0) is 12.8 Å². The van der Waals surface area contributed by atoms with Crippen LogP contribution in [0.5, 0.6) is 0 Å². The lowest BCUT2D eigenvalue weighted by Gasteiger charge is -2.19. The van der Waals surface area contributed by atoms with Crippen LogP contribution in [-0.2, 0) is 18.0 Å². The highest BCUT2D eigenvalue weighted by atomic mass is 31.3. The van der Waals surface area contributed by atoms with Crippen LogP contribution in [0.4, 0.5) is 0 Å². The minimum Gasteiger partial charge on any atom is -0.302 e. The van der Waals surface area contributed by atoms with Gasteiger partial charge < -0.3 is 14.7 Å². The number of hydrogen-bond acceptors (Lipinski definition) is 4. The van der Waals surface area contributed by atoms with Gasteiger partial charge in [0.15, 0.2) is 0 Å². The van der Waals surface area contributed by atoms with Gasteiger partial charge in [-0.3, -0.25) is 4.52 Å². The van der Waals surface area contributed by atoms with Crippen LogP contribution >= 0.6 is 15.6 Å². The van der Waals surface area contributed by atoms with E-state index >= 15 is 0 Å². The summed E-state index contributed by atoms with van der Waals surface area (Å²) in [5.74, 6) is 0. The first-order valence-corrected chi connectivity index (χ1v) is 8.09. The lowest BCUT2D eigenvalue weighted by atomic mass is 10.2. The second kappa shape index (κ2) is 5.74. The molecule has 0 bridgehead atoms. The molecule has 0 aromatic carbocycles. The van der Waals surface area contributed by atoms with E-state index in [2.05, 4.69) is 4.31 Å². The SMILES string of the molecule is O=P(O)(O)OP(=O)(O)OC1CCCCCC1. The maximum atomic E-state index is 11.2. The Balaban J connectivity index is 2.50.